The number of nitrogens with two attached hydrogens (primary N) is 1. The van der Waals surface area contributed by atoms with Crippen molar-refractivity contribution in [3.63, 3.8) is 0 Å². The number of nitrogens with zero attached hydrogens (tertiary/aromatic N) is 1. The molecular formula is C14H21Cl2FN2. The first kappa shape index (κ1) is 16.7. The molecule has 2 rings (SSSR count). The summed E-state index contributed by atoms with van der Waals surface area (Å²) >= 11 is 6.07. The van der Waals surface area contributed by atoms with Crippen LogP contribution in [-0.4, -0.2) is 24.0 Å². The molecular weight excluding hydrogens is 286 g/mol. The minimum Gasteiger partial charge on any atom is -0.329 e. The zero-order valence-electron chi connectivity index (χ0n) is 11.1. The highest BCUT2D eigenvalue weighted by Gasteiger charge is 2.25. The van der Waals surface area contributed by atoms with E-state index in [0.717, 1.165) is 31.0 Å². The standard InChI is InChI=1S/C14H20ClFN2.ClH/c1-10-4-5-18(13(6-10)8-17)9-11-2-3-12(16)7-14(11)15;/h2-3,7,10,13H,4-6,8-9,17H2,1H3;1H. The Morgan fingerprint density at radius 1 is 1.47 bits per heavy atom. The first-order valence-corrected chi connectivity index (χ1v) is 6.86. The zero-order chi connectivity index (χ0) is 13.1. The maximum atomic E-state index is 13.0. The van der Waals surface area contributed by atoms with Crippen molar-refractivity contribution in [3.8, 4) is 0 Å². The number of rotatable bonds is 3. The Bertz CT molecular complexity index is 414. The molecule has 2 N–H and O–H groups in total. The summed E-state index contributed by atoms with van der Waals surface area (Å²) < 4.78 is 13.0. The van der Waals surface area contributed by atoms with Gasteiger partial charge in [-0.25, -0.2) is 4.39 Å². The van der Waals surface area contributed by atoms with Gasteiger partial charge >= 0.3 is 0 Å². The van der Waals surface area contributed by atoms with Crippen LogP contribution in [0, 0.1) is 11.7 Å². The van der Waals surface area contributed by atoms with Crippen LogP contribution in [0.1, 0.15) is 25.3 Å². The quantitative estimate of drug-likeness (QED) is 0.926. The molecule has 1 heterocycles. The average Bonchev–Trinajstić information content (AvgIpc) is 2.34. The van der Waals surface area contributed by atoms with E-state index in [2.05, 4.69) is 11.8 Å². The second kappa shape index (κ2) is 7.44. The lowest BCUT2D eigenvalue weighted by Crippen LogP contribution is -2.45. The van der Waals surface area contributed by atoms with Gasteiger partial charge in [0.1, 0.15) is 5.82 Å². The molecule has 5 heteroatoms. The first-order valence-electron chi connectivity index (χ1n) is 6.48. The van der Waals surface area contributed by atoms with Crippen LogP contribution in [0.5, 0.6) is 0 Å². The van der Waals surface area contributed by atoms with Crippen LogP contribution in [0.4, 0.5) is 4.39 Å². The van der Waals surface area contributed by atoms with Crippen LogP contribution >= 0.6 is 24.0 Å². The van der Waals surface area contributed by atoms with Gasteiger partial charge in [0.05, 0.1) is 0 Å². The van der Waals surface area contributed by atoms with E-state index in [1.54, 1.807) is 6.07 Å². The third kappa shape index (κ3) is 4.32. The molecule has 2 nitrogen and oxygen atoms in total. The van der Waals surface area contributed by atoms with Gasteiger partial charge in [0, 0.05) is 24.2 Å². The topological polar surface area (TPSA) is 29.3 Å². The molecule has 0 spiro atoms. The molecule has 0 aromatic heterocycles. The van der Waals surface area contributed by atoms with Gasteiger partial charge in [0.2, 0.25) is 0 Å². The van der Waals surface area contributed by atoms with Crippen molar-refractivity contribution in [1.82, 2.24) is 4.90 Å². The summed E-state index contributed by atoms with van der Waals surface area (Å²) in [5.41, 5.74) is 6.81. The third-order valence-corrected chi connectivity index (χ3v) is 4.11. The van der Waals surface area contributed by atoms with Gasteiger partial charge in [0.25, 0.3) is 0 Å². The van der Waals surface area contributed by atoms with E-state index in [4.69, 9.17) is 17.3 Å². The normalized spacial score (nSPS) is 24.0. The number of hydrogen-bond donors (Lipinski definition) is 1. The summed E-state index contributed by atoms with van der Waals surface area (Å²) in [7, 11) is 0. The average molecular weight is 307 g/mol. The van der Waals surface area contributed by atoms with Crippen molar-refractivity contribution in [2.24, 2.45) is 11.7 Å². The van der Waals surface area contributed by atoms with Crippen LogP contribution in [0.2, 0.25) is 5.02 Å². The number of benzene rings is 1. The Balaban J connectivity index is 0.00000180. The Morgan fingerprint density at radius 2 is 2.21 bits per heavy atom. The van der Waals surface area contributed by atoms with Gasteiger partial charge in [-0.2, -0.15) is 0 Å². The summed E-state index contributed by atoms with van der Waals surface area (Å²) in [4.78, 5) is 2.36. The largest absolute Gasteiger partial charge is 0.329 e. The van der Waals surface area contributed by atoms with Gasteiger partial charge in [-0.3, -0.25) is 4.90 Å². The van der Waals surface area contributed by atoms with Crippen molar-refractivity contribution in [1.29, 1.82) is 0 Å². The minimum absolute atomic E-state index is 0. The number of hydrogen-bond acceptors (Lipinski definition) is 2. The van der Waals surface area contributed by atoms with Gasteiger partial charge in [-0.1, -0.05) is 24.6 Å². The smallest absolute Gasteiger partial charge is 0.124 e. The fourth-order valence-corrected chi connectivity index (χ4v) is 2.85. The van der Waals surface area contributed by atoms with Crippen molar-refractivity contribution < 1.29 is 4.39 Å². The monoisotopic (exact) mass is 306 g/mol. The molecule has 1 aromatic rings. The van der Waals surface area contributed by atoms with Crippen LogP contribution in [0.3, 0.4) is 0 Å². The Labute approximate surface area is 125 Å². The number of halogens is 3. The van der Waals surface area contributed by atoms with Crippen molar-refractivity contribution in [3.05, 3.63) is 34.6 Å². The maximum Gasteiger partial charge on any atom is 0.124 e. The summed E-state index contributed by atoms with van der Waals surface area (Å²) in [5, 5.41) is 0.504. The van der Waals surface area contributed by atoms with E-state index in [9.17, 15) is 4.39 Å². The van der Waals surface area contributed by atoms with E-state index in [0.29, 0.717) is 17.6 Å². The highest BCUT2D eigenvalue weighted by molar-refractivity contribution is 6.31. The molecule has 19 heavy (non-hydrogen) atoms. The van der Waals surface area contributed by atoms with Crippen LogP contribution in [0.25, 0.3) is 0 Å². The number of likely N-dealkylation sites (tertiary alicyclic amines) is 1. The van der Waals surface area contributed by atoms with Gasteiger partial charge in [0.15, 0.2) is 0 Å². The molecule has 1 fully saturated rings. The van der Waals surface area contributed by atoms with Gasteiger partial charge in [-0.05, 0) is 43.0 Å². The predicted octanol–water partition coefficient (Wildman–Crippen LogP) is 3.46. The van der Waals surface area contributed by atoms with E-state index in [1.807, 2.05) is 0 Å². The predicted molar refractivity (Wildman–Crippen MR) is 80.3 cm³/mol. The van der Waals surface area contributed by atoms with Crippen LogP contribution < -0.4 is 5.73 Å². The molecule has 1 saturated heterocycles. The molecule has 2 unspecified atom stereocenters. The first-order chi connectivity index (χ1) is 8.60. The zero-order valence-corrected chi connectivity index (χ0v) is 12.7. The molecule has 0 radical (unpaired) electrons. The van der Waals surface area contributed by atoms with E-state index < -0.39 is 0 Å². The Morgan fingerprint density at radius 3 is 2.84 bits per heavy atom. The van der Waals surface area contributed by atoms with Crippen LogP contribution in [-0.2, 0) is 6.54 Å². The van der Waals surface area contributed by atoms with Crippen molar-refractivity contribution in [2.75, 3.05) is 13.1 Å². The van der Waals surface area contributed by atoms with Gasteiger partial charge < -0.3 is 5.73 Å². The summed E-state index contributed by atoms with van der Waals surface area (Å²) in [6.07, 6.45) is 2.32. The molecule has 0 aliphatic carbocycles. The summed E-state index contributed by atoms with van der Waals surface area (Å²) in [6.45, 7) is 4.73. The Hall–Kier alpha value is -0.350. The minimum atomic E-state index is -0.286. The second-order valence-electron chi connectivity index (χ2n) is 5.23. The molecule has 108 valence electrons. The summed E-state index contributed by atoms with van der Waals surface area (Å²) in [5.74, 6) is 0.449. The molecule has 0 amide bonds. The van der Waals surface area contributed by atoms with E-state index in [-0.39, 0.29) is 18.2 Å². The molecule has 0 bridgehead atoms. The lowest BCUT2D eigenvalue weighted by Gasteiger charge is -2.38. The van der Waals surface area contributed by atoms with Gasteiger partial charge in [-0.15, -0.1) is 12.4 Å². The van der Waals surface area contributed by atoms with Crippen LogP contribution in [0.15, 0.2) is 18.2 Å². The molecule has 1 aromatic carbocycles. The highest BCUT2D eigenvalue weighted by Crippen LogP contribution is 2.26. The van der Waals surface area contributed by atoms with Crippen molar-refractivity contribution in [2.45, 2.75) is 32.4 Å². The molecule has 2 atom stereocenters. The number of piperidine rings is 1. The third-order valence-electron chi connectivity index (χ3n) is 3.76. The lowest BCUT2D eigenvalue weighted by molar-refractivity contribution is 0.115. The maximum absolute atomic E-state index is 13.0. The fourth-order valence-electron chi connectivity index (χ4n) is 2.62. The fraction of sp³-hybridized carbons (Fsp3) is 0.571. The van der Waals surface area contributed by atoms with E-state index >= 15 is 0 Å². The SMILES string of the molecule is CC1CCN(Cc2ccc(F)cc2Cl)C(CN)C1.Cl. The highest BCUT2D eigenvalue weighted by atomic mass is 35.5. The Kier molecular flexibility index (Phi) is 6.54. The lowest BCUT2D eigenvalue weighted by atomic mass is 9.92. The van der Waals surface area contributed by atoms with E-state index in [1.165, 1.54) is 18.6 Å². The molecule has 1 aliphatic heterocycles. The second-order valence-corrected chi connectivity index (χ2v) is 5.63. The molecule has 0 saturated carbocycles. The summed E-state index contributed by atoms with van der Waals surface area (Å²) in [6, 6.07) is 5.02. The van der Waals surface area contributed by atoms with Crippen molar-refractivity contribution >= 4 is 24.0 Å². The molecule has 1 aliphatic rings.